The molecule has 0 aliphatic rings. The molecule has 0 bridgehead atoms. The van der Waals surface area contributed by atoms with Gasteiger partial charge in [0.1, 0.15) is 5.75 Å². The Hall–Kier alpha value is -1.93. The van der Waals surface area contributed by atoms with Gasteiger partial charge < -0.3 is 14.5 Å². The highest BCUT2D eigenvalue weighted by Gasteiger charge is 2.11. The lowest BCUT2D eigenvalue weighted by Gasteiger charge is -2.05. The molecule has 2 aromatic carbocycles. The second-order valence-electron chi connectivity index (χ2n) is 5.20. The fourth-order valence-corrected chi connectivity index (χ4v) is 3.21. The summed E-state index contributed by atoms with van der Waals surface area (Å²) in [6.07, 6.45) is 0. The summed E-state index contributed by atoms with van der Waals surface area (Å²) in [7, 11) is 0. The summed E-state index contributed by atoms with van der Waals surface area (Å²) in [5.74, 6) is 0.764. The zero-order valence-corrected chi connectivity index (χ0v) is 16.7. The summed E-state index contributed by atoms with van der Waals surface area (Å²) in [6.45, 7) is 0.113. The lowest BCUT2D eigenvalue weighted by molar-refractivity contribution is -0.113. The number of amides is 1. The number of carbonyl (C=O) groups excluding carboxylic acids is 1. The second-order valence-corrected chi connectivity index (χ2v) is 7.44. The molecule has 0 atom stereocenters. The van der Waals surface area contributed by atoms with Crippen LogP contribution in [0.5, 0.6) is 5.75 Å². The molecule has 27 heavy (non-hydrogen) atoms. The number of hydrogen-bond donors (Lipinski definition) is 1. The van der Waals surface area contributed by atoms with E-state index in [0.29, 0.717) is 32.4 Å². The van der Waals surface area contributed by atoms with E-state index in [-0.39, 0.29) is 23.5 Å². The summed E-state index contributed by atoms with van der Waals surface area (Å²) in [4.78, 5) is 12.0. The van der Waals surface area contributed by atoms with Crippen LogP contribution >= 0.6 is 46.6 Å². The molecule has 10 heteroatoms. The Morgan fingerprint density at radius 3 is 2.44 bits per heavy atom. The minimum absolute atomic E-state index is 0.0871. The average molecular weight is 445 g/mol. The average Bonchev–Trinajstić information content (AvgIpc) is 3.06. The lowest BCUT2D eigenvalue weighted by atomic mass is 10.3. The Morgan fingerprint density at radius 2 is 1.74 bits per heavy atom. The van der Waals surface area contributed by atoms with Gasteiger partial charge in [-0.15, -0.1) is 10.2 Å². The minimum Gasteiger partial charge on any atom is -0.484 e. The van der Waals surface area contributed by atoms with Crippen molar-refractivity contribution in [3.05, 3.63) is 63.4 Å². The molecule has 1 aromatic heterocycles. The topological polar surface area (TPSA) is 77.2 Å². The fourth-order valence-electron chi connectivity index (χ4n) is 1.98. The molecule has 0 radical (unpaired) electrons. The van der Waals surface area contributed by atoms with Crippen molar-refractivity contribution in [2.45, 2.75) is 11.8 Å². The summed E-state index contributed by atoms with van der Waals surface area (Å²) in [6, 6.07) is 11.7. The van der Waals surface area contributed by atoms with Crippen molar-refractivity contribution in [1.29, 1.82) is 0 Å². The van der Waals surface area contributed by atoms with E-state index in [1.165, 1.54) is 0 Å². The summed E-state index contributed by atoms with van der Waals surface area (Å²) < 4.78 is 11.0. The van der Waals surface area contributed by atoms with Gasteiger partial charge in [0.05, 0.1) is 5.75 Å². The lowest BCUT2D eigenvalue weighted by Crippen LogP contribution is -2.13. The van der Waals surface area contributed by atoms with E-state index in [4.69, 9.17) is 44.0 Å². The molecule has 0 unspecified atom stereocenters. The van der Waals surface area contributed by atoms with Crippen LogP contribution < -0.4 is 10.1 Å². The minimum atomic E-state index is -0.254. The van der Waals surface area contributed by atoms with Crippen molar-refractivity contribution >= 4 is 58.2 Å². The van der Waals surface area contributed by atoms with Crippen LogP contribution in [0.15, 0.2) is 52.1 Å². The first-order chi connectivity index (χ1) is 13.0. The van der Waals surface area contributed by atoms with E-state index in [9.17, 15) is 4.79 Å². The van der Waals surface area contributed by atoms with Crippen LogP contribution in [-0.2, 0) is 11.4 Å². The van der Waals surface area contributed by atoms with Gasteiger partial charge in [0, 0.05) is 20.8 Å². The Kier molecular flexibility index (Phi) is 6.84. The van der Waals surface area contributed by atoms with E-state index in [0.717, 1.165) is 11.8 Å². The quantitative estimate of drug-likeness (QED) is 0.496. The van der Waals surface area contributed by atoms with Crippen molar-refractivity contribution in [1.82, 2.24) is 10.2 Å². The Balaban J connectivity index is 1.47. The van der Waals surface area contributed by atoms with E-state index in [2.05, 4.69) is 15.5 Å². The molecule has 6 nitrogen and oxygen atoms in total. The van der Waals surface area contributed by atoms with Gasteiger partial charge in [-0.25, -0.2) is 0 Å². The third-order valence-electron chi connectivity index (χ3n) is 3.10. The number of nitrogens with one attached hydrogen (secondary N) is 1. The largest absolute Gasteiger partial charge is 0.484 e. The first kappa shape index (κ1) is 19.8. The number of thioether (sulfide) groups is 1. The van der Waals surface area contributed by atoms with Crippen LogP contribution in [0.25, 0.3) is 0 Å². The highest BCUT2D eigenvalue weighted by atomic mass is 35.5. The summed E-state index contributed by atoms with van der Waals surface area (Å²) in [5, 5.41) is 12.2. The highest BCUT2D eigenvalue weighted by molar-refractivity contribution is 7.99. The molecular weight excluding hydrogens is 433 g/mol. The van der Waals surface area contributed by atoms with Gasteiger partial charge in [-0.2, -0.15) is 0 Å². The molecule has 0 spiro atoms. The zero-order valence-electron chi connectivity index (χ0n) is 13.6. The Labute approximate surface area is 174 Å². The molecule has 0 saturated heterocycles. The molecule has 0 saturated carbocycles. The number of benzene rings is 2. The third-order valence-corrected chi connectivity index (χ3v) is 4.60. The van der Waals surface area contributed by atoms with E-state index in [1.807, 2.05) is 0 Å². The maximum Gasteiger partial charge on any atom is 0.277 e. The van der Waals surface area contributed by atoms with Gasteiger partial charge >= 0.3 is 0 Å². The van der Waals surface area contributed by atoms with Gasteiger partial charge in [-0.1, -0.05) is 46.6 Å². The molecular formula is C17H12Cl3N3O3S. The van der Waals surface area contributed by atoms with Crippen molar-refractivity contribution < 1.29 is 13.9 Å². The standard InChI is InChI=1S/C17H12Cl3N3O3S/c18-10-1-3-14(4-2-10)25-8-16-22-23-17(26-16)27-9-15(24)21-13-6-11(19)5-12(20)7-13/h1-7H,8-9H2,(H,21,24). The van der Waals surface area contributed by atoms with Gasteiger partial charge in [-0.05, 0) is 42.5 Å². The molecule has 140 valence electrons. The number of ether oxygens (including phenoxy) is 1. The predicted molar refractivity (Wildman–Crippen MR) is 106 cm³/mol. The normalized spacial score (nSPS) is 10.6. The van der Waals surface area contributed by atoms with E-state index >= 15 is 0 Å². The van der Waals surface area contributed by atoms with Crippen molar-refractivity contribution in [3.8, 4) is 5.75 Å². The number of hydrogen-bond acceptors (Lipinski definition) is 6. The number of nitrogens with zero attached hydrogens (tertiary/aromatic N) is 2. The van der Waals surface area contributed by atoms with Crippen LogP contribution in [0.3, 0.4) is 0 Å². The van der Waals surface area contributed by atoms with Crippen LogP contribution in [0.2, 0.25) is 15.1 Å². The molecule has 0 aliphatic heterocycles. The molecule has 1 N–H and O–H groups in total. The number of rotatable bonds is 7. The summed E-state index contributed by atoms with van der Waals surface area (Å²) in [5.41, 5.74) is 0.515. The predicted octanol–water partition coefficient (Wildman–Crippen LogP) is 5.34. The number of anilines is 1. The van der Waals surface area contributed by atoms with Crippen LogP contribution in [0.4, 0.5) is 5.69 Å². The van der Waals surface area contributed by atoms with Crippen LogP contribution in [0.1, 0.15) is 5.89 Å². The number of aromatic nitrogens is 2. The van der Waals surface area contributed by atoms with Gasteiger partial charge in [0.2, 0.25) is 5.91 Å². The monoisotopic (exact) mass is 443 g/mol. The molecule has 0 fully saturated rings. The van der Waals surface area contributed by atoms with Crippen LogP contribution in [-0.4, -0.2) is 21.9 Å². The third kappa shape index (κ3) is 6.32. The Morgan fingerprint density at radius 1 is 1.04 bits per heavy atom. The van der Waals surface area contributed by atoms with Gasteiger partial charge in [-0.3, -0.25) is 4.79 Å². The molecule has 0 aliphatic carbocycles. The molecule has 1 amide bonds. The highest BCUT2D eigenvalue weighted by Crippen LogP contribution is 2.23. The van der Waals surface area contributed by atoms with Crippen molar-refractivity contribution in [2.24, 2.45) is 0 Å². The molecule has 1 heterocycles. The Bertz CT molecular complexity index is 914. The van der Waals surface area contributed by atoms with Crippen molar-refractivity contribution in [3.63, 3.8) is 0 Å². The maximum absolute atomic E-state index is 12.0. The smallest absolute Gasteiger partial charge is 0.277 e. The fraction of sp³-hybridized carbons (Fsp3) is 0.118. The SMILES string of the molecule is O=C(CSc1nnc(COc2ccc(Cl)cc2)o1)Nc1cc(Cl)cc(Cl)c1. The maximum atomic E-state index is 12.0. The van der Waals surface area contributed by atoms with Gasteiger partial charge in [0.25, 0.3) is 11.1 Å². The first-order valence-corrected chi connectivity index (χ1v) is 9.69. The van der Waals surface area contributed by atoms with E-state index in [1.54, 1.807) is 42.5 Å². The second kappa shape index (κ2) is 9.32. The van der Waals surface area contributed by atoms with E-state index < -0.39 is 0 Å². The van der Waals surface area contributed by atoms with Crippen LogP contribution in [0, 0.1) is 0 Å². The van der Waals surface area contributed by atoms with Crippen molar-refractivity contribution in [2.75, 3.05) is 11.1 Å². The summed E-state index contributed by atoms with van der Waals surface area (Å²) >= 11 is 18.7. The van der Waals surface area contributed by atoms with Gasteiger partial charge in [0.15, 0.2) is 6.61 Å². The number of halogens is 3. The number of carbonyl (C=O) groups is 1. The molecule has 3 rings (SSSR count). The molecule has 3 aromatic rings. The first-order valence-electron chi connectivity index (χ1n) is 7.57. The zero-order chi connectivity index (χ0) is 19.2.